The maximum absolute atomic E-state index is 5.86. The summed E-state index contributed by atoms with van der Waals surface area (Å²) in [6.45, 7) is 6.74. The van der Waals surface area contributed by atoms with Gasteiger partial charge in [-0.25, -0.2) is 9.98 Å². The third-order valence-electron chi connectivity index (χ3n) is 3.93. The monoisotopic (exact) mass is 538 g/mol. The second-order valence-corrected chi connectivity index (χ2v) is 7.17. The van der Waals surface area contributed by atoms with Crippen LogP contribution in [0.5, 0.6) is 17.4 Å². The molecular formula is C22H27IN4O2S. The van der Waals surface area contributed by atoms with Gasteiger partial charge in [-0.15, -0.1) is 35.3 Å². The second kappa shape index (κ2) is 13.1. The normalized spacial score (nSPS) is 10.8. The summed E-state index contributed by atoms with van der Waals surface area (Å²) in [7, 11) is 0. The number of guanidine groups is 1. The van der Waals surface area contributed by atoms with Gasteiger partial charge in [0.2, 0.25) is 5.88 Å². The highest BCUT2D eigenvalue weighted by atomic mass is 127. The van der Waals surface area contributed by atoms with Crippen LogP contribution in [0, 0.1) is 0 Å². The summed E-state index contributed by atoms with van der Waals surface area (Å²) in [4.78, 5) is 10.2. The quantitative estimate of drug-likeness (QED) is 0.223. The number of aromatic nitrogens is 1. The molecule has 0 saturated carbocycles. The first-order valence-corrected chi connectivity index (χ1v) is 10.5. The zero-order valence-corrected chi connectivity index (χ0v) is 20.3. The average Bonchev–Trinajstić information content (AvgIpc) is 3.26. The number of nitrogens with zero attached hydrogens (tertiary/aromatic N) is 2. The van der Waals surface area contributed by atoms with Crippen LogP contribution in [0.25, 0.3) is 0 Å². The van der Waals surface area contributed by atoms with Crippen molar-refractivity contribution in [3.05, 3.63) is 70.5 Å². The van der Waals surface area contributed by atoms with Crippen molar-refractivity contribution in [2.75, 3.05) is 13.2 Å². The summed E-state index contributed by atoms with van der Waals surface area (Å²) >= 11 is 1.73. The summed E-state index contributed by atoms with van der Waals surface area (Å²) in [6.07, 6.45) is 1.74. The van der Waals surface area contributed by atoms with E-state index < -0.39 is 0 Å². The molecule has 2 heterocycles. The highest BCUT2D eigenvalue weighted by molar-refractivity contribution is 14.0. The lowest BCUT2D eigenvalue weighted by molar-refractivity contribution is 0.339. The number of hydrogen-bond donors (Lipinski definition) is 2. The molecule has 0 fully saturated rings. The fourth-order valence-corrected chi connectivity index (χ4v) is 3.24. The van der Waals surface area contributed by atoms with E-state index in [4.69, 9.17) is 9.47 Å². The van der Waals surface area contributed by atoms with Gasteiger partial charge in [0, 0.05) is 23.7 Å². The minimum atomic E-state index is 0. The first-order valence-electron chi connectivity index (χ1n) is 9.67. The topological polar surface area (TPSA) is 67.8 Å². The molecule has 0 amide bonds. The Morgan fingerprint density at radius 3 is 2.57 bits per heavy atom. The van der Waals surface area contributed by atoms with Gasteiger partial charge in [-0.05, 0) is 61.2 Å². The van der Waals surface area contributed by atoms with Crippen molar-refractivity contribution < 1.29 is 9.47 Å². The molecular weight excluding hydrogens is 511 g/mol. The van der Waals surface area contributed by atoms with Crippen LogP contribution < -0.4 is 20.1 Å². The number of halogens is 1. The first-order chi connectivity index (χ1) is 14.3. The lowest BCUT2D eigenvalue weighted by atomic mass is 10.2. The Hall–Kier alpha value is -2.33. The molecule has 0 spiro atoms. The van der Waals surface area contributed by atoms with E-state index >= 15 is 0 Å². The summed E-state index contributed by atoms with van der Waals surface area (Å²) in [5, 5.41) is 8.70. The molecule has 0 atom stereocenters. The minimum Gasteiger partial charge on any atom is -0.494 e. The van der Waals surface area contributed by atoms with Gasteiger partial charge >= 0.3 is 0 Å². The maximum Gasteiger partial charge on any atom is 0.219 e. The van der Waals surface area contributed by atoms with Crippen molar-refractivity contribution in [2.45, 2.75) is 26.9 Å². The molecule has 160 valence electrons. The van der Waals surface area contributed by atoms with E-state index in [0.717, 1.165) is 30.4 Å². The number of hydrogen-bond acceptors (Lipinski definition) is 5. The van der Waals surface area contributed by atoms with Crippen molar-refractivity contribution in [1.29, 1.82) is 0 Å². The Morgan fingerprint density at radius 1 is 1.07 bits per heavy atom. The van der Waals surface area contributed by atoms with Crippen molar-refractivity contribution in [3.63, 3.8) is 0 Å². The summed E-state index contributed by atoms with van der Waals surface area (Å²) in [5.41, 5.74) is 1.02. The van der Waals surface area contributed by atoms with Crippen molar-refractivity contribution in [3.8, 4) is 17.4 Å². The molecule has 3 rings (SSSR count). The summed E-state index contributed by atoms with van der Waals surface area (Å²) in [6, 6.07) is 15.5. The van der Waals surface area contributed by atoms with E-state index in [-0.39, 0.29) is 24.0 Å². The molecule has 8 heteroatoms. The van der Waals surface area contributed by atoms with E-state index in [0.29, 0.717) is 24.8 Å². The van der Waals surface area contributed by atoms with Crippen LogP contribution in [-0.4, -0.2) is 24.1 Å². The molecule has 0 radical (unpaired) electrons. The van der Waals surface area contributed by atoms with Gasteiger partial charge in [0.1, 0.15) is 11.5 Å². The average molecular weight is 538 g/mol. The molecule has 30 heavy (non-hydrogen) atoms. The largest absolute Gasteiger partial charge is 0.494 e. The summed E-state index contributed by atoms with van der Waals surface area (Å²) < 4.78 is 11.3. The van der Waals surface area contributed by atoms with Crippen molar-refractivity contribution >= 4 is 41.3 Å². The van der Waals surface area contributed by atoms with Crippen LogP contribution >= 0.6 is 35.3 Å². The zero-order valence-electron chi connectivity index (χ0n) is 17.1. The van der Waals surface area contributed by atoms with Gasteiger partial charge < -0.3 is 20.1 Å². The van der Waals surface area contributed by atoms with Gasteiger partial charge in [0.05, 0.1) is 19.7 Å². The Kier molecular flexibility index (Phi) is 10.4. The fraction of sp³-hybridized carbons (Fsp3) is 0.273. The van der Waals surface area contributed by atoms with Crippen LogP contribution in [0.3, 0.4) is 0 Å². The second-order valence-electron chi connectivity index (χ2n) is 6.14. The molecule has 0 aliphatic heterocycles. The highest BCUT2D eigenvalue weighted by Gasteiger charge is 2.03. The third-order valence-corrected chi connectivity index (χ3v) is 4.81. The predicted octanol–water partition coefficient (Wildman–Crippen LogP) is 5.21. The maximum atomic E-state index is 5.86. The van der Waals surface area contributed by atoms with Crippen LogP contribution in [0.1, 0.15) is 24.3 Å². The Balaban J connectivity index is 0.00000320. The van der Waals surface area contributed by atoms with E-state index in [1.807, 2.05) is 43.3 Å². The van der Waals surface area contributed by atoms with E-state index in [1.54, 1.807) is 17.5 Å². The van der Waals surface area contributed by atoms with Gasteiger partial charge in [-0.2, -0.15) is 0 Å². The van der Waals surface area contributed by atoms with Crippen LogP contribution in [0.4, 0.5) is 0 Å². The standard InChI is InChI=1S/C22H26N4O2S.HI/c1-3-23-22(26-16-20-6-5-13-29-20)25-15-17-11-12-24-21(14-17)28-19-9-7-18(8-10-19)27-4-2;/h5-14H,3-4,15-16H2,1-2H3,(H2,23,25,26);1H. The van der Waals surface area contributed by atoms with Gasteiger partial charge in [-0.3, -0.25) is 0 Å². The number of aliphatic imine (C=N–C) groups is 1. The Labute approximate surface area is 198 Å². The molecule has 0 aliphatic carbocycles. The molecule has 2 N–H and O–H groups in total. The van der Waals surface area contributed by atoms with Crippen LogP contribution in [0.15, 0.2) is 65.1 Å². The van der Waals surface area contributed by atoms with E-state index in [9.17, 15) is 0 Å². The van der Waals surface area contributed by atoms with Gasteiger partial charge in [-0.1, -0.05) is 6.07 Å². The number of thiophene rings is 1. The molecule has 6 nitrogen and oxygen atoms in total. The number of benzene rings is 1. The lowest BCUT2D eigenvalue weighted by Gasteiger charge is -2.11. The number of pyridine rings is 1. The van der Waals surface area contributed by atoms with Crippen LogP contribution in [0.2, 0.25) is 0 Å². The predicted molar refractivity (Wildman–Crippen MR) is 133 cm³/mol. The number of nitrogens with one attached hydrogen (secondary N) is 2. The Bertz CT molecular complexity index is 902. The molecule has 0 aliphatic rings. The molecule has 0 bridgehead atoms. The summed E-state index contributed by atoms with van der Waals surface area (Å²) in [5.74, 6) is 2.86. The smallest absolute Gasteiger partial charge is 0.219 e. The number of rotatable bonds is 9. The van der Waals surface area contributed by atoms with E-state index in [2.05, 4.69) is 45.0 Å². The number of ether oxygens (including phenoxy) is 2. The third kappa shape index (κ3) is 7.83. The zero-order chi connectivity index (χ0) is 20.3. The van der Waals surface area contributed by atoms with Crippen LogP contribution in [-0.2, 0) is 13.1 Å². The fourth-order valence-electron chi connectivity index (χ4n) is 2.59. The van der Waals surface area contributed by atoms with Gasteiger partial charge in [0.25, 0.3) is 0 Å². The molecule has 0 saturated heterocycles. The SMILES string of the molecule is CCNC(=NCc1ccnc(Oc2ccc(OCC)cc2)c1)NCc1cccs1.I. The van der Waals surface area contributed by atoms with Crippen molar-refractivity contribution in [2.24, 2.45) is 4.99 Å². The molecule has 3 aromatic rings. The molecule has 0 unspecified atom stereocenters. The van der Waals surface area contributed by atoms with Gasteiger partial charge in [0.15, 0.2) is 5.96 Å². The molecule has 2 aromatic heterocycles. The Morgan fingerprint density at radius 2 is 1.87 bits per heavy atom. The van der Waals surface area contributed by atoms with Crippen molar-refractivity contribution in [1.82, 2.24) is 15.6 Å². The lowest BCUT2D eigenvalue weighted by Crippen LogP contribution is -2.36. The first kappa shape index (κ1) is 23.9. The van der Waals surface area contributed by atoms with E-state index in [1.165, 1.54) is 4.88 Å². The molecule has 1 aromatic carbocycles. The highest BCUT2D eigenvalue weighted by Crippen LogP contribution is 2.23. The minimum absolute atomic E-state index is 0.